The van der Waals surface area contributed by atoms with Crippen molar-refractivity contribution in [2.24, 2.45) is 5.41 Å². The summed E-state index contributed by atoms with van der Waals surface area (Å²) in [5.41, 5.74) is 0.808. The van der Waals surface area contributed by atoms with Crippen molar-refractivity contribution in [1.29, 1.82) is 0 Å². The van der Waals surface area contributed by atoms with Crippen molar-refractivity contribution in [2.75, 3.05) is 13.1 Å². The van der Waals surface area contributed by atoms with Crippen LogP contribution in [0.25, 0.3) is 0 Å². The first kappa shape index (κ1) is 16.6. The standard InChI is InChI=1S/C17H22FNO3/c1-11-4-5-12(8-13(11)18)14-6-7-17(2,3)15(20)9-19(14)10-16(21)22/h4-5,8,14H,6-7,9-10H2,1-3H3,(H,21,22)/t14-/m0/s1. The van der Waals surface area contributed by atoms with Crippen molar-refractivity contribution < 1.29 is 19.1 Å². The Morgan fingerprint density at radius 2 is 2.14 bits per heavy atom. The number of carbonyl (C=O) groups is 2. The summed E-state index contributed by atoms with van der Waals surface area (Å²) in [5, 5.41) is 9.11. The van der Waals surface area contributed by atoms with E-state index >= 15 is 0 Å². The highest BCUT2D eigenvalue weighted by molar-refractivity contribution is 5.86. The molecule has 120 valence electrons. The number of hydrogen-bond acceptors (Lipinski definition) is 3. The Morgan fingerprint density at radius 3 is 2.73 bits per heavy atom. The van der Waals surface area contributed by atoms with Crippen LogP contribution in [0.15, 0.2) is 18.2 Å². The molecule has 22 heavy (non-hydrogen) atoms. The van der Waals surface area contributed by atoms with Crippen LogP contribution in [-0.4, -0.2) is 34.8 Å². The van der Waals surface area contributed by atoms with Crippen LogP contribution in [0.4, 0.5) is 4.39 Å². The van der Waals surface area contributed by atoms with Crippen LogP contribution in [-0.2, 0) is 9.59 Å². The van der Waals surface area contributed by atoms with Crippen LogP contribution in [0.3, 0.4) is 0 Å². The second kappa shape index (κ2) is 6.16. The summed E-state index contributed by atoms with van der Waals surface area (Å²) in [5.74, 6) is -1.25. The van der Waals surface area contributed by atoms with Crippen molar-refractivity contribution >= 4 is 11.8 Å². The fourth-order valence-corrected chi connectivity index (χ4v) is 2.86. The summed E-state index contributed by atoms with van der Waals surface area (Å²) >= 11 is 0. The number of aryl methyl sites for hydroxylation is 1. The minimum Gasteiger partial charge on any atom is -0.480 e. The third kappa shape index (κ3) is 3.53. The van der Waals surface area contributed by atoms with Gasteiger partial charge in [0.1, 0.15) is 5.82 Å². The van der Waals surface area contributed by atoms with Gasteiger partial charge >= 0.3 is 5.97 Å². The minimum absolute atomic E-state index is 0.0313. The van der Waals surface area contributed by atoms with Crippen molar-refractivity contribution in [3.8, 4) is 0 Å². The molecule has 0 amide bonds. The Balaban J connectivity index is 2.37. The van der Waals surface area contributed by atoms with Crippen LogP contribution in [0.2, 0.25) is 0 Å². The first-order valence-corrected chi connectivity index (χ1v) is 7.46. The fourth-order valence-electron chi connectivity index (χ4n) is 2.86. The lowest BCUT2D eigenvalue weighted by molar-refractivity contribution is -0.139. The molecular formula is C17H22FNO3. The van der Waals surface area contributed by atoms with Gasteiger partial charge in [-0.05, 0) is 37.0 Å². The molecule has 0 aliphatic carbocycles. The van der Waals surface area contributed by atoms with Crippen LogP contribution < -0.4 is 0 Å². The Hall–Kier alpha value is -1.75. The molecule has 4 nitrogen and oxygen atoms in total. The largest absolute Gasteiger partial charge is 0.480 e. The second-order valence-corrected chi connectivity index (χ2v) is 6.67. The quantitative estimate of drug-likeness (QED) is 0.933. The van der Waals surface area contributed by atoms with E-state index in [2.05, 4.69) is 0 Å². The van der Waals surface area contributed by atoms with Crippen LogP contribution in [0.1, 0.15) is 43.9 Å². The van der Waals surface area contributed by atoms with E-state index in [1.165, 1.54) is 6.07 Å². The molecule has 0 spiro atoms. The van der Waals surface area contributed by atoms with Gasteiger partial charge in [-0.3, -0.25) is 14.5 Å². The molecule has 5 heteroatoms. The highest BCUT2D eigenvalue weighted by Crippen LogP contribution is 2.36. The SMILES string of the molecule is Cc1ccc([C@@H]2CCC(C)(C)C(=O)CN2CC(=O)O)cc1F. The Labute approximate surface area is 129 Å². The molecule has 1 heterocycles. The monoisotopic (exact) mass is 307 g/mol. The molecule has 0 unspecified atom stereocenters. The highest BCUT2D eigenvalue weighted by Gasteiger charge is 2.37. The summed E-state index contributed by atoms with van der Waals surface area (Å²) in [4.78, 5) is 25.1. The van der Waals surface area contributed by atoms with Crippen LogP contribution >= 0.6 is 0 Å². The van der Waals surface area contributed by atoms with Gasteiger partial charge in [-0.25, -0.2) is 4.39 Å². The molecule has 1 aliphatic heterocycles. The summed E-state index contributed by atoms with van der Waals surface area (Å²) in [6.45, 7) is 5.31. The van der Waals surface area contributed by atoms with Crippen molar-refractivity contribution in [2.45, 2.75) is 39.7 Å². The van der Waals surface area contributed by atoms with Gasteiger partial charge in [0.2, 0.25) is 0 Å². The van der Waals surface area contributed by atoms with E-state index in [4.69, 9.17) is 5.11 Å². The second-order valence-electron chi connectivity index (χ2n) is 6.67. The highest BCUT2D eigenvalue weighted by atomic mass is 19.1. The number of halogens is 1. The van der Waals surface area contributed by atoms with Gasteiger partial charge in [-0.15, -0.1) is 0 Å². The van der Waals surface area contributed by atoms with Gasteiger partial charge in [0, 0.05) is 11.5 Å². The van der Waals surface area contributed by atoms with Crippen LogP contribution in [0.5, 0.6) is 0 Å². The summed E-state index contributed by atoms with van der Waals surface area (Å²) in [7, 11) is 0. The number of carbonyl (C=O) groups excluding carboxylic acids is 1. The number of nitrogens with zero attached hydrogens (tertiary/aromatic N) is 1. The summed E-state index contributed by atoms with van der Waals surface area (Å²) in [6.07, 6.45) is 1.29. The maximum Gasteiger partial charge on any atom is 0.317 e. The topological polar surface area (TPSA) is 57.6 Å². The van der Waals surface area contributed by atoms with Gasteiger partial charge in [-0.1, -0.05) is 26.0 Å². The lowest BCUT2D eigenvalue weighted by Crippen LogP contribution is -2.38. The maximum absolute atomic E-state index is 13.9. The van der Waals surface area contributed by atoms with Gasteiger partial charge in [0.15, 0.2) is 5.78 Å². The molecule has 1 aromatic carbocycles. The van der Waals surface area contributed by atoms with Gasteiger partial charge in [0.05, 0.1) is 13.1 Å². The van der Waals surface area contributed by atoms with Gasteiger partial charge < -0.3 is 5.11 Å². The van der Waals surface area contributed by atoms with E-state index in [1.54, 1.807) is 17.9 Å². The van der Waals surface area contributed by atoms with E-state index in [-0.39, 0.29) is 30.7 Å². The lowest BCUT2D eigenvalue weighted by Gasteiger charge is -2.28. The number of aliphatic carboxylic acids is 1. The molecule has 1 saturated heterocycles. The van der Waals surface area contributed by atoms with E-state index in [0.29, 0.717) is 18.4 Å². The van der Waals surface area contributed by atoms with Gasteiger partial charge in [-0.2, -0.15) is 0 Å². The average molecular weight is 307 g/mol. The Bertz CT molecular complexity index is 598. The average Bonchev–Trinajstić information content (AvgIpc) is 2.51. The molecule has 0 radical (unpaired) electrons. The Morgan fingerprint density at radius 1 is 1.45 bits per heavy atom. The number of Topliss-reactive ketones (excluding diaryl/α,β-unsaturated/α-hetero) is 1. The number of carboxylic acids is 1. The Kier molecular flexibility index (Phi) is 4.66. The number of benzene rings is 1. The normalized spacial score (nSPS) is 22.4. The zero-order valence-electron chi connectivity index (χ0n) is 13.2. The number of ketones is 1. The maximum atomic E-state index is 13.9. The molecule has 0 bridgehead atoms. The molecule has 1 N–H and O–H groups in total. The van der Waals surface area contributed by atoms with Crippen molar-refractivity contribution in [3.05, 3.63) is 35.1 Å². The third-order valence-electron chi connectivity index (χ3n) is 4.50. The number of likely N-dealkylation sites (tertiary alicyclic amines) is 1. The third-order valence-corrected chi connectivity index (χ3v) is 4.50. The molecule has 0 saturated carbocycles. The van der Waals surface area contributed by atoms with Crippen molar-refractivity contribution in [3.63, 3.8) is 0 Å². The number of hydrogen-bond donors (Lipinski definition) is 1. The summed E-state index contributed by atoms with van der Waals surface area (Å²) < 4.78 is 13.9. The molecule has 0 aromatic heterocycles. The summed E-state index contributed by atoms with van der Waals surface area (Å²) in [6, 6.07) is 4.72. The van der Waals surface area contributed by atoms with E-state index in [9.17, 15) is 14.0 Å². The van der Waals surface area contributed by atoms with Gasteiger partial charge in [0.25, 0.3) is 0 Å². The lowest BCUT2D eigenvalue weighted by atomic mass is 9.83. The number of rotatable bonds is 3. The van der Waals surface area contributed by atoms with E-state index in [1.807, 2.05) is 19.9 Å². The first-order valence-electron chi connectivity index (χ1n) is 7.46. The molecule has 1 aromatic rings. The molecule has 1 fully saturated rings. The zero-order valence-corrected chi connectivity index (χ0v) is 13.2. The van der Waals surface area contributed by atoms with Crippen molar-refractivity contribution in [1.82, 2.24) is 4.90 Å². The van der Waals surface area contributed by atoms with E-state index in [0.717, 1.165) is 5.56 Å². The van der Waals surface area contributed by atoms with Crippen LogP contribution in [0, 0.1) is 18.2 Å². The predicted octanol–water partition coefficient (Wildman–Crippen LogP) is 2.95. The minimum atomic E-state index is -0.981. The molecule has 1 aliphatic rings. The first-order chi connectivity index (χ1) is 10.2. The molecule has 1 atom stereocenters. The smallest absolute Gasteiger partial charge is 0.317 e. The zero-order chi connectivity index (χ0) is 16.5. The van der Waals surface area contributed by atoms with E-state index < -0.39 is 11.4 Å². The fraction of sp³-hybridized carbons (Fsp3) is 0.529. The molecular weight excluding hydrogens is 285 g/mol. The molecule has 2 rings (SSSR count). The number of carboxylic acid groups (broad SMARTS) is 1. The predicted molar refractivity (Wildman–Crippen MR) is 81.1 cm³/mol.